The number of amides is 1. The van der Waals surface area contributed by atoms with Crippen LogP contribution in [0, 0.1) is 10.1 Å². The first kappa shape index (κ1) is 19.9. The molecule has 0 aliphatic heterocycles. The minimum Gasteiger partial charge on any atom is -0.502 e. The largest absolute Gasteiger partial charge is 0.502 e. The maximum Gasteiger partial charge on any atom is 0.311 e. The lowest BCUT2D eigenvalue weighted by Gasteiger charge is -2.06. The summed E-state index contributed by atoms with van der Waals surface area (Å²) in [5.74, 6) is -0.176. The van der Waals surface area contributed by atoms with Gasteiger partial charge in [-0.2, -0.15) is 5.10 Å². The molecule has 1 heterocycles. The molecule has 0 bridgehead atoms. The van der Waals surface area contributed by atoms with E-state index in [0.717, 1.165) is 6.07 Å². The number of nitrogens with zero attached hydrogens (tertiary/aromatic N) is 2. The number of nitro groups is 1. The molecule has 9 nitrogen and oxygen atoms in total. The second kappa shape index (κ2) is 8.44. The van der Waals surface area contributed by atoms with Crippen LogP contribution in [0.5, 0.6) is 11.5 Å². The molecule has 2 aromatic carbocycles. The molecule has 0 saturated heterocycles. The molecule has 3 aromatic rings. The number of ether oxygens (including phenoxy) is 1. The zero-order valence-corrected chi connectivity index (χ0v) is 15.7. The third kappa shape index (κ3) is 4.36. The maximum absolute atomic E-state index is 12.1. The van der Waals surface area contributed by atoms with E-state index in [1.54, 1.807) is 30.3 Å². The summed E-state index contributed by atoms with van der Waals surface area (Å²) in [5.41, 5.74) is 1.97. The lowest BCUT2D eigenvalue weighted by Crippen LogP contribution is -2.17. The Kier molecular flexibility index (Phi) is 5.79. The standard InChI is InChI=1S/C19H14ClN3O6/c1-28-16-7-5-11(20)9-14(16)17-8-6-12(29-17)10-21-22-19(25)13-3-2-4-15(18(13)24)23(26)27/h2-10,24H,1H3,(H,22,25)/b21-10-. The number of carbonyl (C=O) groups is 1. The van der Waals surface area contributed by atoms with E-state index >= 15 is 0 Å². The van der Waals surface area contributed by atoms with E-state index in [1.807, 2.05) is 0 Å². The van der Waals surface area contributed by atoms with Gasteiger partial charge in [0.15, 0.2) is 0 Å². The monoisotopic (exact) mass is 415 g/mol. The van der Waals surface area contributed by atoms with E-state index < -0.39 is 22.3 Å². The number of nitro benzene ring substituents is 1. The number of para-hydroxylation sites is 1. The lowest BCUT2D eigenvalue weighted by atomic mass is 10.1. The molecule has 0 aliphatic carbocycles. The van der Waals surface area contributed by atoms with Crippen molar-refractivity contribution in [1.82, 2.24) is 5.43 Å². The second-order valence-electron chi connectivity index (χ2n) is 5.68. The zero-order valence-electron chi connectivity index (χ0n) is 15.0. The van der Waals surface area contributed by atoms with E-state index in [4.69, 9.17) is 20.8 Å². The molecule has 148 valence electrons. The molecule has 0 atom stereocenters. The van der Waals surface area contributed by atoms with Gasteiger partial charge in [-0.05, 0) is 36.4 Å². The van der Waals surface area contributed by atoms with E-state index in [2.05, 4.69) is 10.5 Å². The molecule has 1 amide bonds. The number of hydrazone groups is 1. The number of phenols is 1. The van der Waals surface area contributed by atoms with E-state index in [0.29, 0.717) is 27.9 Å². The van der Waals surface area contributed by atoms with Gasteiger partial charge >= 0.3 is 5.69 Å². The predicted molar refractivity (Wildman–Crippen MR) is 106 cm³/mol. The molecule has 0 saturated carbocycles. The smallest absolute Gasteiger partial charge is 0.311 e. The number of hydrogen-bond acceptors (Lipinski definition) is 7. The van der Waals surface area contributed by atoms with Crippen LogP contribution in [0.3, 0.4) is 0 Å². The summed E-state index contributed by atoms with van der Waals surface area (Å²) < 4.78 is 10.9. The van der Waals surface area contributed by atoms with Crippen molar-refractivity contribution in [3.05, 3.63) is 75.0 Å². The number of methoxy groups -OCH3 is 1. The van der Waals surface area contributed by atoms with Gasteiger partial charge in [-0.25, -0.2) is 5.43 Å². The van der Waals surface area contributed by atoms with E-state index in [9.17, 15) is 20.0 Å². The molecule has 0 radical (unpaired) electrons. The highest BCUT2D eigenvalue weighted by Crippen LogP contribution is 2.33. The van der Waals surface area contributed by atoms with Crippen LogP contribution in [-0.4, -0.2) is 29.3 Å². The Balaban J connectivity index is 1.74. The first-order chi connectivity index (χ1) is 13.9. The summed E-state index contributed by atoms with van der Waals surface area (Å²) in [6.07, 6.45) is 1.24. The van der Waals surface area contributed by atoms with Crippen LogP contribution in [-0.2, 0) is 0 Å². The van der Waals surface area contributed by atoms with E-state index in [1.165, 1.54) is 25.5 Å². The van der Waals surface area contributed by atoms with Crippen LogP contribution < -0.4 is 10.2 Å². The van der Waals surface area contributed by atoms with Crippen molar-refractivity contribution in [1.29, 1.82) is 0 Å². The molecule has 0 aliphatic rings. The molecule has 29 heavy (non-hydrogen) atoms. The third-order valence-corrected chi connectivity index (χ3v) is 4.10. The second-order valence-corrected chi connectivity index (χ2v) is 6.11. The Labute approximate surface area is 169 Å². The summed E-state index contributed by atoms with van der Waals surface area (Å²) in [7, 11) is 1.52. The highest BCUT2D eigenvalue weighted by atomic mass is 35.5. The van der Waals surface area contributed by atoms with Crippen LogP contribution in [0.15, 0.2) is 58.0 Å². The van der Waals surface area contributed by atoms with Crippen LogP contribution >= 0.6 is 11.6 Å². The van der Waals surface area contributed by atoms with Gasteiger partial charge in [0.1, 0.15) is 17.3 Å². The summed E-state index contributed by atoms with van der Waals surface area (Å²) in [5, 5.41) is 24.9. The summed E-state index contributed by atoms with van der Waals surface area (Å²) >= 11 is 6.02. The van der Waals surface area contributed by atoms with Crippen LogP contribution in [0.4, 0.5) is 5.69 Å². The fraction of sp³-hybridized carbons (Fsp3) is 0.0526. The van der Waals surface area contributed by atoms with Crippen molar-refractivity contribution < 1.29 is 24.0 Å². The van der Waals surface area contributed by atoms with Gasteiger partial charge in [-0.15, -0.1) is 0 Å². The topological polar surface area (TPSA) is 127 Å². The average Bonchev–Trinajstić information content (AvgIpc) is 3.16. The number of hydrogen-bond donors (Lipinski definition) is 2. The van der Waals surface area contributed by atoms with Gasteiger partial charge in [0.25, 0.3) is 5.91 Å². The van der Waals surface area contributed by atoms with Crippen molar-refractivity contribution in [2.75, 3.05) is 7.11 Å². The minimum absolute atomic E-state index is 0.278. The van der Waals surface area contributed by atoms with Gasteiger partial charge in [-0.3, -0.25) is 14.9 Å². The Morgan fingerprint density at radius 3 is 2.83 bits per heavy atom. The zero-order chi connectivity index (χ0) is 21.0. The van der Waals surface area contributed by atoms with Crippen LogP contribution in [0.1, 0.15) is 16.1 Å². The van der Waals surface area contributed by atoms with Gasteiger partial charge in [-0.1, -0.05) is 17.7 Å². The third-order valence-electron chi connectivity index (χ3n) is 3.87. The number of benzene rings is 2. The molecule has 10 heteroatoms. The Bertz CT molecular complexity index is 1110. The molecule has 0 fully saturated rings. The molecule has 0 unspecified atom stereocenters. The van der Waals surface area contributed by atoms with Crippen LogP contribution in [0.2, 0.25) is 5.02 Å². The number of rotatable bonds is 6. The van der Waals surface area contributed by atoms with Crippen molar-refractivity contribution in [3.8, 4) is 22.8 Å². The Morgan fingerprint density at radius 1 is 1.31 bits per heavy atom. The predicted octanol–water partition coefficient (Wildman–Crippen LogP) is 3.99. The first-order valence-corrected chi connectivity index (χ1v) is 8.52. The first-order valence-electron chi connectivity index (χ1n) is 8.14. The summed E-state index contributed by atoms with van der Waals surface area (Å²) in [6.45, 7) is 0. The average molecular weight is 416 g/mol. The minimum atomic E-state index is -0.814. The molecular formula is C19H14ClN3O6. The SMILES string of the molecule is COc1ccc(Cl)cc1-c1ccc(/C=N\NC(=O)c2cccc([N+](=O)[O-])c2O)o1. The van der Waals surface area contributed by atoms with Crippen molar-refractivity contribution >= 4 is 29.4 Å². The van der Waals surface area contributed by atoms with Crippen molar-refractivity contribution in [2.24, 2.45) is 5.10 Å². The molecule has 3 rings (SSSR count). The fourth-order valence-electron chi connectivity index (χ4n) is 2.52. The summed E-state index contributed by atoms with van der Waals surface area (Å²) in [6, 6.07) is 12.0. The summed E-state index contributed by atoms with van der Waals surface area (Å²) in [4.78, 5) is 22.2. The highest BCUT2D eigenvalue weighted by Gasteiger charge is 2.20. The molecular weight excluding hydrogens is 402 g/mol. The van der Waals surface area contributed by atoms with Gasteiger partial charge in [0, 0.05) is 11.1 Å². The molecule has 2 N–H and O–H groups in total. The number of nitrogens with one attached hydrogen (secondary N) is 1. The van der Waals surface area contributed by atoms with Gasteiger partial charge in [0.05, 0.1) is 29.4 Å². The van der Waals surface area contributed by atoms with E-state index in [-0.39, 0.29) is 5.56 Å². The number of carbonyl (C=O) groups excluding carboxylic acids is 1. The molecule has 1 aromatic heterocycles. The van der Waals surface area contributed by atoms with Gasteiger partial charge < -0.3 is 14.3 Å². The van der Waals surface area contributed by atoms with Crippen LogP contribution in [0.25, 0.3) is 11.3 Å². The van der Waals surface area contributed by atoms with Gasteiger partial charge in [0.2, 0.25) is 5.75 Å². The maximum atomic E-state index is 12.1. The normalized spacial score (nSPS) is 10.8. The van der Waals surface area contributed by atoms with Crippen molar-refractivity contribution in [2.45, 2.75) is 0 Å². The highest BCUT2D eigenvalue weighted by molar-refractivity contribution is 6.30. The number of aromatic hydroxyl groups is 1. The van der Waals surface area contributed by atoms with Crippen molar-refractivity contribution in [3.63, 3.8) is 0 Å². The molecule has 0 spiro atoms. The quantitative estimate of drug-likeness (QED) is 0.356. The Hall–Kier alpha value is -3.85. The lowest BCUT2D eigenvalue weighted by molar-refractivity contribution is -0.385. The Morgan fingerprint density at radius 2 is 2.10 bits per heavy atom. The fourth-order valence-corrected chi connectivity index (χ4v) is 2.69. The number of halogens is 1. The number of phenolic OH excluding ortho intramolecular Hbond substituents is 1. The number of furan rings is 1.